The zero-order chi connectivity index (χ0) is 12.1. The summed E-state index contributed by atoms with van der Waals surface area (Å²) in [4.78, 5) is 10.2. The largest absolute Gasteiger partial charge is 0.491 e. The third-order valence-electron chi connectivity index (χ3n) is 2.07. The van der Waals surface area contributed by atoms with E-state index in [-0.39, 0.29) is 26.6 Å². The van der Waals surface area contributed by atoms with Gasteiger partial charge in [0, 0.05) is 6.07 Å². The lowest BCUT2D eigenvalue weighted by Gasteiger charge is -2.06. The molecule has 1 aromatic carbocycles. The highest BCUT2D eigenvalue weighted by atomic mass is 16.7. The van der Waals surface area contributed by atoms with Crippen LogP contribution in [0.2, 0.25) is 0 Å². The summed E-state index contributed by atoms with van der Waals surface area (Å²) < 4.78 is 20.5. The van der Waals surface area contributed by atoms with E-state index < -0.39 is 5.97 Å². The molecule has 6 heteroatoms. The van der Waals surface area contributed by atoms with E-state index in [1.165, 1.54) is 0 Å². The monoisotopic (exact) mass is 240 g/mol. The third kappa shape index (κ3) is 3.25. The van der Waals surface area contributed by atoms with Crippen molar-refractivity contribution in [2.75, 3.05) is 26.6 Å². The summed E-state index contributed by atoms with van der Waals surface area (Å²) in [6.45, 7) is 0.415. The molecular weight excluding hydrogens is 228 g/mol. The van der Waals surface area contributed by atoms with Gasteiger partial charge in [-0.1, -0.05) is 0 Å². The summed E-state index contributed by atoms with van der Waals surface area (Å²) >= 11 is 0. The Morgan fingerprint density at radius 1 is 1.29 bits per heavy atom. The van der Waals surface area contributed by atoms with Gasteiger partial charge in [0.2, 0.25) is 6.79 Å². The highest BCUT2D eigenvalue weighted by Gasteiger charge is 2.13. The first-order chi connectivity index (χ1) is 8.25. The van der Waals surface area contributed by atoms with Crippen molar-refractivity contribution in [2.24, 2.45) is 0 Å². The Balaban J connectivity index is 1.74. The van der Waals surface area contributed by atoms with E-state index in [0.717, 1.165) is 0 Å². The Labute approximate surface area is 97.7 Å². The average molecular weight is 240 g/mol. The first-order valence-corrected chi connectivity index (χ1v) is 5.08. The minimum absolute atomic E-state index is 0.223. The molecule has 17 heavy (non-hydrogen) atoms. The van der Waals surface area contributed by atoms with Crippen LogP contribution in [-0.2, 0) is 9.53 Å². The average Bonchev–Trinajstić information content (AvgIpc) is 2.75. The number of hydrogen-bond acceptors (Lipinski definition) is 5. The molecule has 1 aliphatic rings. The molecule has 1 N–H and O–H groups in total. The Kier molecular flexibility index (Phi) is 3.66. The van der Waals surface area contributed by atoms with Crippen molar-refractivity contribution < 1.29 is 28.8 Å². The quantitative estimate of drug-likeness (QED) is 0.744. The number of ether oxygens (including phenoxy) is 4. The lowest BCUT2D eigenvalue weighted by Crippen LogP contribution is -2.12. The van der Waals surface area contributed by atoms with E-state index >= 15 is 0 Å². The molecule has 0 unspecified atom stereocenters. The van der Waals surface area contributed by atoms with Gasteiger partial charge in [-0.25, -0.2) is 4.79 Å². The smallest absolute Gasteiger partial charge is 0.329 e. The van der Waals surface area contributed by atoms with Gasteiger partial charge in [-0.05, 0) is 12.1 Å². The number of rotatable bonds is 6. The number of carboxylic acids is 1. The van der Waals surface area contributed by atoms with Gasteiger partial charge < -0.3 is 24.1 Å². The van der Waals surface area contributed by atoms with Gasteiger partial charge in [0.1, 0.15) is 19.0 Å². The van der Waals surface area contributed by atoms with Crippen LogP contribution in [0.5, 0.6) is 17.2 Å². The van der Waals surface area contributed by atoms with Crippen LogP contribution in [0.25, 0.3) is 0 Å². The minimum atomic E-state index is -0.993. The summed E-state index contributed by atoms with van der Waals surface area (Å²) in [6.07, 6.45) is 0. The molecule has 0 aliphatic carbocycles. The van der Waals surface area contributed by atoms with Crippen LogP contribution in [0.15, 0.2) is 18.2 Å². The highest BCUT2D eigenvalue weighted by molar-refractivity contribution is 5.67. The van der Waals surface area contributed by atoms with E-state index in [0.29, 0.717) is 17.2 Å². The van der Waals surface area contributed by atoms with Gasteiger partial charge in [0.15, 0.2) is 11.5 Å². The van der Waals surface area contributed by atoms with Crippen molar-refractivity contribution in [3.63, 3.8) is 0 Å². The third-order valence-corrected chi connectivity index (χ3v) is 2.07. The number of carboxylic acid groups (broad SMARTS) is 1. The summed E-state index contributed by atoms with van der Waals surface area (Å²) in [5.74, 6) is 0.981. The van der Waals surface area contributed by atoms with Crippen molar-refractivity contribution in [1.82, 2.24) is 0 Å². The maximum atomic E-state index is 10.2. The van der Waals surface area contributed by atoms with Crippen LogP contribution in [0, 0.1) is 0 Å². The fourth-order valence-corrected chi connectivity index (χ4v) is 1.34. The Bertz CT molecular complexity index is 403. The number of hydrogen-bond donors (Lipinski definition) is 1. The molecule has 0 saturated carbocycles. The number of carbonyl (C=O) groups is 1. The minimum Gasteiger partial charge on any atom is -0.491 e. The molecular formula is C11H12O6. The second-order valence-corrected chi connectivity index (χ2v) is 3.31. The molecule has 0 bridgehead atoms. The normalized spacial score (nSPS) is 12.5. The number of fused-ring (bicyclic) bond motifs is 1. The molecule has 6 nitrogen and oxygen atoms in total. The van der Waals surface area contributed by atoms with Gasteiger partial charge in [0.05, 0.1) is 6.61 Å². The first-order valence-electron chi connectivity index (χ1n) is 5.08. The Morgan fingerprint density at radius 2 is 2.12 bits per heavy atom. The van der Waals surface area contributed by atoms with Crippen molar-refractivity contribution in [1.29, 1.82) is 0 Å². The molecule has 2 rings (SSSR count). The molecule has 1 aromatic rings. The van der Waals surface area contributed by atoms with E-state index in [9.17, 15) is 4.79 Å². The lowest BCUT2D eigenvalue weighted by atomic mass is 10.3. The summed E-state index contributed by atoms with van der Waals surface area (Å²) in [7, 11) is 0. The Hall–Kier alpha value is -1.95. The lowest BCUT2D eigenvalue weighted by molar-refractivity contribution is -0.142. The maximum absolute atomic E-state index is 10.2. The molecule has 0 atom stereocenters. The molecule has 0 aromatic heterocycles. The standard InChI is InChI=1S/C11H12O6/c12-11(13)6-14-3-4-15-8-1-2-9-10(5-8)17-7-16-9/h1-2,5H,3-4,6-7H2,(H,12,13). The zero-order valence-corrected chi connectivity index (χ0v) is 9.05. The van der Waals surface area contributed by atoms with Gasteiger partial charge in [-0.15, -0.1) is 0 Å². The van der Waals surface area contributed by atoms with E-state index in [1.54, 1.807) is 18.2 Å². The van der Waals surface area contributed by atoms with Gasteiger partial charge in [-0.2, -0.15) is 0 Å². The summed E-state index contributed by atoms with van der Waals surface area (Å²) in [5.41, 5.74) is 0. The van der Waals surface area contributed by atoms with Crippen LogP contribution in [-0.4, -0.2) is 37.7 Å². The molecule has 0 amide bonds. The van der Waals surface area contributed by atoms with Crippen molar-refractivity contribution in [3.05, 3.63) is 18.2 Å². The fraction of sp³-hybridized carbons (Fsp3) is 0.364. The van der Waals surface area contributed by atoms with E-state index in [4.69, 9.17) is 24.1 Å². The molecule has 1 heterocycles. The number of aliphatic carboxylic acids is 1. The molecule has 1 aliphatic heterocycles. The molecule has 0 fully saturated rings. The van der Waals surface area contributed by atoms with Gasteiger partial charge in [-0.3, -0.25) is 0 Å². The van der Waals surface area contributed by atoms with Crippen molar-refractivity contribution in [3.8, 4) is 17.2 Å². The molecule has 0 radical (unpaired) electrons. The number of benzene rings is 1. The van der Waals surface area contributed by atoms with Crippen molar-refractivity contribution in [2.45, 2.75) is 0 Å². The highest BCUT2D eigenvalue weighted by Crippen LogP contribution is 2.34. The van der Waals surface area contributed by atoms with E-state index in [2.05, 4.69) is 0 Å². The topological polar surface area (TPSA) is 74.2 Å². The van der Waals surface area contributed by atoms with Gasteiger partial charge in [0.25, 0.3) is 0 Å². The maximum Gasteiger partial charge on any atom is 0.329 e. The van der Waals surface area contributed by atoms with Crippen LogP contribution in [0.3, 0.4) is 0 Å². The van der Waals surface area contributed by atoms with Crippen LogP contribution in [0.1, 0.15) is 0 Å². The molecule has 92 valence electrons. The fourth-order valence-electron chi connectivity index (χ4n) is 1.34. The van der Waals surface area contributed by atoms with Gasteiger partial charge >= 0.3 is 5.97 Å². The van der Waals surface area contributed by atoms with Crippen molar-refractivity contribution >= 4 is 5.97 Å². The Morgan fingerprint density at radius 3 is 2.94 bits per heavy atom. The molecule has 0 saturated heterocycles. The first kappa shape index (κ1) is 11.5. The van der Waals surface area contributed by atoms with Crippen LogP contribution in [0.4, 0.5) is 0 Å². The molecule has 0 spiro atoms. The SMILES string of the molecule is O=C(O)COCCOc1ccc2c(c1)OCO2. The zero-order valence-electron chi connectivity index (χ0n) is 9.05. The second kappa shape index (κ2) is 5.40. The van der Waals surface area contributed by atoms with Crippen LogP contribution < -0.4 is 14.2 Å². The summed E-state index contributed by atoms with van der Waals surface area (Å²) in [5, 5.41) is 8.34. The predicted octanol–water partition coefficient (Wildman–Crippen LogP) is 0.895. The predicted molar refractivity (Wildman–Crippen MR) is 56.5 cm³/mol. The van der Waals surface area contributed by atoms with E-state index in [1.807, 2.05) is 0 Å². The summed E-state index contributed by atoms with van der Waals surface area (Å²) in [6, 6.07) is 5.24. The van der Waals surface area contributed by atoms with Crippen LogP contribution >= 0.6 is 0 Å². The second-order valence-electron chi connectivity index (χ2n) is 3.31.